The van der Waals surface area contributed by atoms with Crippen LogP contribution in [0.1, 0.15) is 11.1 Å². The fourth-order valence-electron chi connectivity index (χ4n) is 2.93. The Bertz CT molecular complexity index is 1380. The van der Waals surface area contributed by atoms with Crippen molar-refractivity contribution in [3.63, 3.8) is 0 Å². The van der Waals surface area contributed by atoms with Gasteiger partial charge in [-0.25, -0.2) is 0 Å². The molecular formula is C18H17N3O6S2. The van der Waals surface area contributed by atoms with Gasteiger partial charge in [-0.2, -0.15) is 16.8 Å². The molecule has 3 rings (SSSR count). The topological polar surface area (TPSA) is 159 Å². The Balaban J connectivity index is 2.21. The van der Waals surface area contributed by atoms with E-state index in [1.807, 2.05) is 6.92 Å². The molecule has 4 N–H and O–H groups in total. The molecule has 152 valence electrons. The predicted molar refractivity (Wildman–Crippen MR) is 108 cm³/mol. The van der Waals surface area contributed by atoms with Crippen molar-refractivity contribution in [3.8, 4) is 0 Å². The molecule has 3 aromatic carbocycles. The number of anilines is 1. The highest BCUT2D eigenvalue weighted by Gasteiger charge is 2.20. The van der Waals surface area contributed by atoms with Gasteiger partial charge in [0, 0.05) is 5.39 Å². The number of aryl methyl sites for hydroxylation is 2. The van der Waals surface area contributed by atoms with Gasteiger partial charge in [-0.1, -0.05) is 29.8 Å². The smallest absolute Gasteiger partial charge is 0.297 e. The fraction of sp³-hybridized carbons (Fsp3) is 0.111. The largest absolute Gasteiger partial charge is 0.397 e. The lowest BCUT2D eigenvalue weighted by Crippen LogP contribution is -2.02. The average Bonchev–Trinajstić information content (AvgIpc) is 2.58. The van der Waals surface area contributed by atoms with Crippen LogP contribution in [0.4, 0.5) is 17.1 Å². The molecule has 0 bridgehead atoms. The Kier molecular flexibility index (Phi) is 5.17. The first-order chi connectivity index (χ1) is 13.4. The first-order valence-electron chi connectivity index (χ1n) is 8.18. The SMILES string of the molecule is Cc1ccc2c(S(=O)(=O)O)c(N=Nc3cc(S(=O)(=O)O)c(C)cc3N)ccc2c1. The summed E-state index contributed by atoms with van der Waals surface area (Å²) in [5.41, 5.74) is 6.77. The van der Waals surface area contributed by atoms with Crippen LogP contribution in [-0.2, 0) is 20.2 Å². The van der Waals surface area contributed by atoms with Crippen LogP contribution in [0.25, 0.3) is 10.8 Å². The molecule has 0 aliphatic heterocycles. The average molecular weight is 435 g/mol. The van der Waals surface area contributed by atoms with Gasteiger partial charge in [0.15, 0.2) is 0 Å². The summed E-state index contributed by atoms with van der Waals surface area (Å²) in [5.74, 6) is 0. The fourth-order valence-corrected chi connectivity index (χ4v) is 4.49. The van der Waals surface area contributed by atoms with E-state index in [0.29, 0.717) is 5.39 Å². The molecule has 0 amide bonds. The van der Waals surface area contributed by atoms with Gasteiger partial charge in [0.2, 0.25) is 0 Å². The zero-order valence-electron chi connectivity index (χ0n) is 15.4. The monoisotopic (exact) mass is 435 g/mol. The van der Waals surface area contributed by atoms with Crippen LogP contribution in [-0.4, -0.2) is 25.9 Å². The van der Waals surface area contributed by atoms with Crippen molar-refractivity contribution < 1.29 is 25.9 Å². The molecule has 0 unspecified atom stereocenters. The molecule has 0 spiro atoms. The summed E-state index contributed by atoms with van der Waals surface area (Å²) in [6.45, 7) is 3.29. The standard InChI is InChI=1S/C18H17N3O6S2/c1-10-3-5-13-12(7-10)4-6-15(18(13)29(25,26)27)20-21-16-9-17(28(22,23)24)11(2)8-14(16)19/h3-9H,19H2,1-2H3,(H,22,23,24)(H,25,26,27). The van der Waals surface area contributed by atoms with Crippen molar-refractivity contribution >= 4 is 48.1 Å². The maximum Gasteiger partial charge on any atom is 0.297 e. The van der Waals surface area contributed by atoms with E-state index in [1.54, 1.807) is 24.3 Å². The second-order valence-corrected chi connectivity index (χ2v) is 9.21. The molecule has 0 aliphatic rings. The highest BCUT2D eigenvalue weighted by atomic mass is 32.2. The minimum atomic E-state index is -4.65. The highest BCUT2D eigenvalue weighted by Crippen LogP contribution is 2.35. The number of hydrogen-bond acceptors (Lipinski definition) is 7. The molecule has 9 nitrogen and oxygen atoms in total. The van der Waals surface area contributed by atoms with Crippen molar-refractivity contribution in [2.75, 3.05) is 5.73 Å². The summed E-state index contributed by atoms with van der Waals surface area (Å²) in [4.78, 5) is -0.830. The Morgan fingerprint density at radius 2 is 1.48 bits per heavy atom. The Hall–Kier alpha value is -2.86. The number of benzene rings is 3. The molecule has 3 aromatic rings. The van der Waals surface area contributed by atoms with Gasteiger partial charge < -0.3 is 5.73 Å². The van der Waals surface area contributed by atoms with Crippen LogP contribution in [0.2, 0.25) is 0 Å². The summed E-state index contributed by atoms with van der Waals surface area (Å²) in [5, 5.41) is 8.54. The van der Waals surface area contributed by atoms with Gasteiger partial charge in [0.1, 0.15) is 16.3 Å². The van der Waals surface area contributed by atoms with E-state index in [0.717, 1.165) is 11.6 Å². The third kappa shape index (κ3) is 4.27. The second kappa shape index (κ2) is 7.19. The van der Waals surface area contributed by atoms with Gasteiger partial charge in [0.25, 0.3) is 20.2 Å². The number of fused-ring (bicyclic) bond motifs is 1. The Morgan fingerprint density at radius 3 is 2.10 bits per heavy atom. The van der Waals surface area contributed by atoms with Gasteiger partial charge in [0.05, 0.1) is 10.6 Å². The lowest BCUT2D eigenvalue weighted by Gasteiger charge is -2.09. The number of nitrogens with two attached hydrogens (primary N) is 1. The van der Waals surface area contributed by atoms with Gasteiger partial charge in [-0.05, 0) is 43.0 Å². The normalized spacial score (nSPS) is 12.7. The number of nitrogens with zero attached hydrogens (tertiary/aromatic N) is 2. The van der Waals surface area contributed by atoms with E-state index in [2.05, 4.69) is 10.2 Å². The Labute approximate surface area is 167 Å². The number of hydrogen-bond donors (Lipinski definition) is 3. The summed E-state index contributed by atoms with van der Waals surface area (Å²) in [6.07, 6.45) is 0. The summed E-state index contributed by atoms with van der Waals surface area (Å²) in [7, 11) is -9.16. The van der Waals surface area contributed by atoms with Crippen LogP contribution in [0, 0.1) is 13.8 Å². The van der Waals surface area contributed by atoms with Crippen LogP contribution < -0.4 is 5.73 Å². The molecule has 0 fully saturated rings. The van der Waals surface area contributed by atoms with E-state index in [4.69, 9.17) is 5.73 Å². The van der Waals surface area contributed by atoms with Crippen molar-refractivity contribution in [1.29, 1.82) is 0 Å². The first kappa shape index (κ1) is 20.9. The van der Waals surface area contributed by atoms with E-state index >= 15 is 0 Å². The number of nitrogen functional groups attached to an aromatic ring is 1. The van der Waals surface area contributed by atoms with E-state index in [-0.39, 0.29) is 28.0 Å². The zero-order chi connectivity index (χ0) is 21.6. The summed E-state index contributed by atoms with van der Waals surface area (Å²) < 4.78 is 65.9. The second-order valence-electron chi connectivity index (χ2n) is 6.47. The quantitative estimate of drug-likeness (QED) is 0.318. The van der Waals surface area contributed by atoms with Crippen molar-refractivity contribution in [3.05, 3.63) is 53.6 Å². The number of azo groups is 1. The Morgan fingerprint density at radius 1 is 0.828 bits per heavy atom. The molecule has 0 saturated heterocycles. The molecule has 0 heterocycles. The first-order valence-corrected chi connectivity index (χ1v) is 11.1. The van der Waals surface area contributed by atoms with E-state index < -0.39 is 30.0 Å². The van der Waals surface area contributed by atoms with Crippen LogP contribution >= 0.6 is 0 Å². The molecular weight excluding hydrogens is 418 g/mol. The van der Waals surface area contributed by atoms with E-state index in [9.17, 15) is 25.9 Å². The van der Waals surface area contributed by atoms with Gasteiger partial charge >= 0.3 is 0 Å². The molecule has 0 aliphatic carbocycles. The summed E-state index contributed by atoms with van der Waals surface area (Å²) >= 11 is 0. The van der Waals surface area contributed by atoms with Crippen molar-refractivity contribution in [2.45, 2.75) is 23.6 Å². The summed E-state index contributed by atoms with van der Waals surface area (Å²) in [6, 6.07) is 10.3. The van der Waals surface area contributed by atoms with Gasteiger partial charge in [-0.15, -0.1) is 10.2 Å². The predicted octanol–water partition coefficient (Wildman–Crippen LogP) is 3.95. The van der Waals surface area contributed by atoms with Crippen LogP contribution in [0.3, 0.4) is 0 Å². The van der Waals surface area contributed by atoms with Crippen molar-refractivity contribution in [1.82, 2.24) is 0 Å². The highest BCUT2D eigenvalue weighted by molar-refractivity contribution is 7.86. The molecule has 0 radical (unpaired) electrons. The lowest BCUT2D eigenvalue weighted by atomic mass is 10.1. The molecule has 11 heteroatoms. The number of rotatable bonds is 4. The maximum absolute atomic E-state index is 12.0. The third-order valence-corrected chi connectivity index (χ3v) is 6.17. The minimum Gasteiger partial charge on any atom is -0.397 e. The molecule has 0 atom stereocenters. The maximum atomic E-state index is 12.0. The van der Waals surface area contributed by atoms with Crippen molar-refractivity contribution in [2.24, 2.45) is 10.2 Å². The third-order valence-electron chi connectivity index (χ3n) is 4.23. The molecule has 0 aromatic heterocycles. The van der Waals surface area contributed by atoms with Crippen LogP contribution in [0.5, 0.6) is 0 Å². The molecule has 0 saturated carbocycles. The van der Waals surface area contributed by atoms with Gasteiger partial charge in [-0.3, -0.25) is 9.11 Å². The lowest BCUT2D eigenvalue weighted by molar-refractivity contribution is 0.481. The zero-order valence-corrected chi connectivity index (χ0v) is 17.0. The van der Waals surface area contributed by atoms with Crippen LogP contribution in [0.15, 0.2) is 62.5 Å². The van der Waals surface area contributed by atoms with E-state index in [1.165, 1.54) is 19.1 Å². The minimum absolute atomic E-state index is 0.0727. The molecule has 29 heavy (non-hydrogen) atoms.